The van der Waals surface area contributed by atoms with Gasteiger partial charge in [0.25, 0.3) is 5.69 Å². The SMILES string of the molecule is COc1cc(OC)c(Nc2ncnc3ccc([N+](=O)[O-])cc23)cc1Cl. The lowest BCUT2D eigenvalue weighted by molar-refractivity contribution is -0.384. The van der Waals surface area contributed by atoms with Crippen LogP contribution in [-0.2, 0) is 0 Å². The lowest BCUT2D eigenvalue weighted by Gasteiger charge is -2.14. The van der Waals surface area contributed by atoms with E-state index in [9.17, 15) is 10.1 Å². The van der Waals surface area contributed by atoms with Crippen molar-refractivity contribution in [3.05, 3.63) is 51.8 Å². The van der Waals surface area contributed by atoms with Crippen molar-refractivity contribution >= 4 is 39.7 Å². The molecule has 3 aromatic rings. The molecule has 0 aliphatic heterocycles. The number of non-ortho nitro benzene ring substituents is 1. The number of methoxy groups -OCH3 is 2. The number of nitrogens with one attached hydrogen (secondary N) is 1. The van der Waals surface area contributed by atoms with Crippen molar-refractivity contribution < 1.29 is 14.4 Å². The molecule has 0 unspecified atom stereocenters. The van der Waals surface area contributed by atoms with Crippen molar-refractivity contribution in [2.45, 2.75) is 0 Å². The highest BCUT2D eigenvalue weighted by Crippen LogP contribution is 2.38. The van der Waals surface area contributed by atoms with Crippen LogP contribution in [-0.4, -0.2) is 29.1 Å². The van der Waals surface area contributed by atoms with E-state index in [1.807, 2.05) is 0 Å². The number of hydrogen-bond acceptors (Lipinski definition) is 7. The lowest BCUT2D eigenvalue weighted by atomic mass is 10.2. The topological polar surface area (TPSA) is 99.4 Å². The minimum atomic E-state index is -0.471. The number of nitro benzene ring substituents is 1. The summed E-state index contributed by atoms with van der Waals surface area (Å²) in [6.07, 6.45) is 1.37. The Labute approximate surface area is 147 Å². The molecule has 1 aromatic heterocycles. The monoisotopic (exact) mass is 360 g/mol. The maximum absolute atomic E-state index is 11.0. The van der Waals surface area contributed by atoms with Crippen LogP contribution in [0.3, 0.4) is 0 Å². The molecule has 2 aromatic carbocycles. The van der Waals surface area contributed by atoms with Crippen LogP contribution in [0.5, 0.6) is 11.5 Å². The van der Waals surface area contributed by atoms with Crippen molar-refractivity contribution in [1.29, 1.82) is 0 Å². The number of benzene rings is 2. The van der Waals surface area contributed by atoms with Crippen LogP contribution in [0.25, 0.3) is 10.9 Å². The Kier molecular flexibility index (Phi) is 4.53. The van der Waals surface area contributed by atoms with Crippen molar-refractivity contribution in [2.75, 3.05) is 19.5 Å². The Morgan fingerprint density at radius 3 is 2.56 bits per heavy atom. The molecule has 8 nitrogen and oxygen atoms in total. The van der Waals surface area contributed by atoms with Gasteiger partial charge in [0.15, 0.2) is 0 Å². The number of ether oxygens (including phenoxy) is 2. The molecule has 1 N–H and O–H groups in total. The zero-order chi connectivity index (χ0) is 18.0. The van der Waals surface area contributed by atoms with Crippen LogP contribution in [0.15, 0.2) is 36.7 Å². The number of fused-ring (bicyclic) bond motifs is 1. The van der Waals surface area contributed by atoms with E-state index < -0.39 is 4.92 Å². The molecule has 0 saturated heterocycles. The minimum absolute atomic E-state index is 0.0509. The largest absolute Gasteiger partial charge is 0.495 e. The van der Waals surface area contributed by atoms with E-state index in [0.717, 1.165) is 0 Å². The van der Waals surface area contributed by atoms with E-state index in [2.05, 4.69) is 15.3 Å². The van der Waals surface area contributed by atoms with E-state index in [0.29, 0.717) is 38.9 Å². The first kappa shape index (κ1) is 16.7. The average molecular weight is 361 g/mol. The third-order valence-corrected chi connectivity index (χ3v) is 3.85. The standard InChI is InChI=1S/C16H13ClN4O4/c1-24-14-7-15(25-2)13(6-11(14)17)20-16-10-5-9(21(22)23)3-4-12(10)18-8-19-16/h3-8H,1-2H3,(H,18,19,20). The number of rotatable bonds is 5. The molecule has 0 aliphatic rings. The van der Waals surface area contributed by atoms with Crippen molar-refractivity contribution in [1.82, 2.24) is 9.97 Å². The van der Waals surface area contributed by atoms with Gasteiger partial charge in [-0.2, -0.15) is 0 Å². The summed E-state index contributed by atoms with van der Waals surface area (Å²) in [5.41, 5.74) is 1.06. The summed E-state index contributed by atoms with van der Waals surface area (Å²) in [4.78, 5) is 18.8. The van der Waals surface area contributed by atoms with E-state index in [4.69, 9.17) is 21.1 Å². The van der Waals surface area contributed by atoms with E-state index >= 15 is 0 Å². The molecule has 0 saturated carbocycles. The van der Waals surface area contributed by atoms with Gasteiger partial charge >= 0.3 is 0 Å². The molecule has 0 bridgehead atoms. The molecule has 9 heteroatoms. The molecule has 0 radical (unpaired) electrons. The summed E-state index contributed by atoms with van der Waals surface area (Å²) >= 11 is 6.17. The summed E-state index contributed by atoms with van der Waals surface area (Å²) in [6, 6.07) is 7.64. The molecule has 0 atom stereocenters. The number of nitrogens with zero attached hydrogens (tertiary/aromatic N) is 3. The van der Waals surface area contributed by atoms with Gasteiger partial charge < -0.3 is 14.8 Å². The van der Waals surface area contributed by atoms with Crippen LogP contribution in [0.1, 0.15) is 0 Å². The summed E-state index contributed by atoms with van der Waals surface area (Å²) in [5, 5.41) is 15.0. The second-order valence-electron chi connectivity index (χ2n) is 4.99. The van der Waals surface area contributed by atoms with Gasteiger partial charge in [0, 0.05) is 23.6 Å². The lowest BCUT2D eigenvalue weighted by Crippen LogP contribution is -2.00. The highest BCUT2D eigenvalue weighted by molar-refractivity contribution is 6.32. The molecule has 0 amide bonds. The molecule has 3 rings (SSSR count). The molecule has 128 valence electrons. The van der Waals surface area contributed by atoms with E-state index in [1.165, 1.54) is 32.7 Å². The van der Waals surface area contributed by atoms with Crippen LogP contribution >= 0.6 is 11.6 Å². The van der Waals surface area contributed by atoms with Crippen molar-refractivity contribution in [3.8, 4) is 11.5 Å². The van der Waals surface area contributed by atoms with Gasteiger partial charge in [0.1, 0.15) is 23.6 Å². The fourth-order valence-corrected chi connectivity index (χ4v) is 2.58. The molecular weight excluding hydrogens is 348 g/mol. The predicted octanol–water partition coefficient (Wildman–Crippen LogP) is 3.95. The normalized spacial score (nSPS) is 10.5. The first-order valence-corrected chi connectivity index (χ1v) is 7.49. The third kappa shape index (κ3) is 3.24. The highest BCUT2D eigenvalue weighted by atomic mass is 35.5. The molecular formula is C16H13ClN4O4. The van der Waals surface area contributed by atoms with Gasteiger partial charge in [-0.1, -0.05) is 11.6 Å². The number of hydrogen-bond donors (Lipinski definition) is 1. The van der Waals surface area contributed by atoms with Gasteiger partial charge in [0.2, 0.25) is 0 Å². The zero-order valence-corrected chi connectivity index (χ0v) is 14.1. The van der Waals surface area contributed by atoms with Gasteiger partial charge in [-0.15, -0.1) is 0 Å². The predicted molar refractivity (Wildman–Crippen MR) is 94.0 cm³/mol. The number of anilines is 2. The van der Waals surface area contributed by atoms with E-state index in [-0.39, 0.29) is 5.69 Å². The third-order valence-electron chi connectivity index (χ3n) is 3.56. The Balaban J connectivity index is 2.10. The second-order valence-corrected chi connectivity index (χ2v) is 5.40. The Morgan fingerprint density at radius 1 is 1.12 bits per heavy atom. The molecule has 1 heterocycles. The van der Waals surface area contributed by atoms with Crippen LogP contribution in [0.2, 0.25) is 5.02 Å². The minimum Gasteiger partial charge on any atom is -0.495 e. The molecule has 25 heavy (non-hydrogen) atoms. The Bertz CT molecular complexity index is 964. The Morgan fingerprint density at radius 2 is 1.88 bits per heavy atom. The van der Waals surface area contributed by atoms with Crippen molar-refractivity contribution in [3.63, 3.8) is 0 Å². The maximum atomic E-state index is 11.0. The first-order valence-electron chi connectivity index (χ1n) is 7.11. The fraction of sp³-hybridized carbons (Fsp3) is 0.125. The van der Waals surface area contributed by atoms with Crippen LogP contribution in [0, 0.1) is 10.1 Å². The van der Waals surface area contributed by atoms with Crippen molar-refractivity contribution in [2.24, 2.45) is 0 Å². The second kappa shape index (κ2) is 6.78. The molecule has 0 aliphatic carbocycles. The number of aromatic nitrogens is 2. The first-order chi connectivity index (χ1) is 12.0. The van der Waals surface area contributed by atoms with Gasteiger partial charge in [0.05, 0.1) is 35.4 Å². The number of halogens is 1. The quantitative estimate of drug-likeness (QED) is 0.543. The maximum Gasteiger partial charge on any atom is 0.270 e. The summed E-state index contributed by atoms with van der Waals surface area (Å²) in [6.45, 7) is 0. The summed E-state index contributed by atoms with van der Waals surface area (Å²) < 4.78 is 10.5. The molecule has 0 spiro atoms. The highest BCUT2D eigenvalue weighted by Gasteiger charge is 2.14. The summed E-state index contributed by atoms with van der Waals surface area (Å²) in [7, 11) is 3.02. The smallest absolute Gasteiger partial charge is 0.270 e. The Hall–Kier alpha value is -3.13. The van der Waals surface area contributed by atoms with Crippen LogP contribution in [0.4, 0.5) is 17.2 Å². The average Bonchev–Trinajstić information content (AvgIpc) is 2.62. The van der Waals surface area contributed by atoms with Gasteiger partial charge in [-0.3, -0.25) is 10.1 Å². The van der Waals surface area contributed by atoms with E-state index in [1.54, 1.807) is 18.2 Å². The van der Waals surface area contributed by atoms with Crippen LogP contribution < -0.4 is 14.8 Å². The molecule has 0 fully saturated rings. The summed E-state index contributed by atoms with van der Waals surface area (Å²) in [5.74, 6) is 1.35. The zero-order valence-electron chi connectivity index (χ0n) is 13.3. The fourth-order valence-electron chi connectivity index (χ4n) is 2.34. The van der Waals surface area contributed by atoms with Gasteiger partial charge in [-0.05, 0) is 12.1 Å². The van der Waals surface area contributed by atoms with Gasteiger partial charge in [-0.25, -0.2) is 9.97 Å². The number of nitro groups is 1.